The first-order valence-electron chi connectivity index (χ1n) is 5.42. The molecule has 1 rings (SSSR count). The number of carbonyl (C=O) groups excluding carboxylic acids is 2. The molecule has 0 aliphatic heterocycles. The van der Waals surface area contributed by atoms with Crippen LogP contribution in [0.1, 0.15) is 38.2 Å². The molecule has 0 saturated carbocycles. The van der Waals surface area contributed by atoms with Crippen LogP contribution in [0.2, 0.25) is 0 Å². The van der Waals surface area contributed by atoms with Gasteiger partial charge in [-0.05, 0) is 33.8 Å². The number of aromatic amines is 1. The van der Waals surface area contributed by atoms with E-state index in [1.54, 1.807) is 13.0 Å². The molecule has 0 aliphatic rings. The van der Waals surface area contributed by atoms with Gasteiger partial charge in [0.15, 0.2) is 0 Å². The minimum Gasteiger partial charge on any atom is -0.350 e. The Hall–Kier alpha value is -1.85. The molecule has 0 saturated heterocycles. The average molecular weight is 238 g/mol. The Labute approximate surface area is 100 Å². The summed E-state index contributed by atoms with van der Waals surface area (Å²) in [5, 5.41) is 11.6. The molecule has 0 radical (unpaired) electrons. The standard InChI is InChI=1S/C11H18N4O2/c1-7(9(16)14-11(2,3)4)13-10(17)8-5-6-12-15-8/h5-7H,1-4H3,(H,12,15)(H,13,17)(H,14,16). The van der Waals surface area contributed by atoms with E-state index in [4.69, 9.17) is 0 Å². The molecule has 0 fully saturated rings. The summed E-state index contributed by atoms with van der Waals surface area (Å²) >= 11 is 0. The van der Waals surface area contributed by atoms with E-state index in [1.807, 2.05) is 20.8 Å². The van der Waals surface area contributed by atoms with Crippen LogP contribution in [0.4, 0.5) is 0 Å². The van der Waals surface area contributed by atoms with Crippen LogP contribution in [0, 0.1) is 0 Å². The zero-order chi connectivity index (χ0) is 13.1. The van der Waals surface area contributed by atoms with Crippen molar-refractivity contribution in [3.05, 3.63) is 18.0 Å². The number of nitrogens with one attached hydrogen (secondary N) is 3. The van der Waals surface area contributed by atoms with Crippen molar-refractivity contribution in [3.63, 3.8) is 0 Å². The van der Waals surface area contributed by atoms with Crippen molar-refractivity contribution in [1.82, 2.24) is 20.8 Å². The Morgan fingerprint density at radius 3 is 2.53 bits per heavy atom. The number of carbonyl (C=O) groups is 2. The maximum atomic E-state index is 11.7. The van der Waals surface area contributed by atoms with Gasteiger partial charge in [0.2, 0.25) is 5.91 Å². The van der Waals surface area contributed by atoms with Crippen molar-refractivity contribution in [3.8, 4) is 0 Å². The van der Waals surface area contributed by atoms with Gasteiger partial charge in [-0.2, -0.15) is 5.10 Å². The summed E-state index contributed by atoms with van der Waals surface area (Å²) < 4.78 is 0. The van der Waals surface area contributed by atoms with E-state index in [9.17, 15) is 9.59 Å². The topological polar surface area (TPSA) is 86.9 Å². The van der Waals surface area contributed by atoms with Gasteiger partial charge in [0.05, 0.1) is 0 Å². The zero-order valence-electron chi connectivity index (χ0n) is 10.5. The number of rotatable bonds is 3. The molecule has 0 spiro atoms. The number of hydrogen-bond donors (Lipinski definition) is 3. The quantitative estimate of drug-likeness (QED) is 0.714. The number of amides is 2. The van der Waals surface area contributed by atoms with Crippen molar-refractivity contribution in [2.75, 3.05) is 0 Å². The van der Waals surface area contributed by atoms with Gasteiger partial charge in [0.1, 0.15) is 11.7 Å². The molecule has 94 valence electrons. The summed E-state index contributed by atoms with van der Waals surface area (Å²) in [7, 11) is 0. The fourth-order valence-corrected chi connectivity index (χ4v) is 1.20. The number of nitrogens with zero attached hydrogens (tertiary/aromatic N) is 1. The molecule has 6 heteroatoms. The molecule has 1 unspecified atom stereocenters. The van der Waals surface area contributed by atoms with Crippen LogP contribution in [0.25, 0.3) is 0 Å². The van der Waals surface area contributed by atoms with Gasteiger partial charge in [-0.15, -0.1) is 0 Å². The van der Waals surface area contributed by atoms with Crippen LogP contribution in [0.15, 0.2) is 12.3 Å². The third kappa shape index (κ3) is 4.26. The molecule has 17 heavy (non-hydrogen) atoms. The molecule has 6 nitrogen and oxygen atoms in total. The second-order valence-corrected chi connectivity index (χ2v) is 4.90. The number of H-pyrrole nitrogens is 1. The van der Waals surface area contributed by atoms with E-state index in [1.165, 1.54) is 6.20 Å². The SMILES string of the molecule is CC(NC(=O)c1ccn[nH]1)C(=O)NC(C)(C)C. The first kappa shape index (κ1) is 13.2. The van der Waals surface area contributed by atoms with Gasteiger partial charge in [-0.25, -0.2) is 0 Å². The second-order valence-electron chi connectivity index (χ2n) is 4.90. The van der Waals surface area contributed by atoms with Crippen molar-refractivity contribution < 1.29 is 9.59 Å². The second kappa shape index (κ2) is 4.99. The van der Waals surface area contributed by atoms with Crippen molar-refractivity contribution >= 4 is 11.8 Å². The Balaban J connectivity index is 2.52. The van der Waals surface area contributed by atoms with Crippen LogP contribution >= 0.6 is 0 Å². The molecule has 2 amide bonds. The summed E-state index contributed by atoms with van der Waals surface area (Å²) in [5.41, 5.74) is 0.0183. The predicted octanol–water partition coefficient (Wildman–Crippen LogP) is 0.443. The maximum absolute atomic E-state index is 11.7. The lowest BCUT2D eigenvalue weighted by Gasteiger charge is -2.23. The van der Waals surface area contributed by atoms with E-state index in [0.717, 1.165) is 0 Å². The van der Waals surface area contributed by atoms with Gasteiger partial charge in [-0.3, -0.25) is 14.7 Å². The van der Waals surface area contributed by atoms with Crippen LogP contribution in [-0.4, -0.2) is 33.6 Å². The normalized spacial score (nSPS) is 12.9. The third-order valence-corrected chi connectivity index (χ3v) is 1.98. The molecule has 1 aromatic rings. The fourth-order valence-electron chi connectivity index (χ4n) is 1.20. The van der Waals surface area contributed by atoms with E-state index in [0.29, 0.717) is 5.69 Å². The molecule has 3 N–H and O–H groups in total. The van der Waals surface area contributed by atoms with E-state index in [-0.39, 0.29) is 17.4 Å². The molecule has 0 bridgehead atoms. The van der Waals surface area contributed by atoms with Gasteiger partial charge in [0, 0.05) is 11.7 Å². The predicted molar refractivity (Wildman–Crippen MR) is 63.4 cm³/mol. The monoisotopic (exact) mass is 238 g/mol. The largest absolute Gasteiger partial charge is 0.350 e. The van der Waals surface area contributed by atoms with Crippen LogP contribution in [0.5, 0.6) is 0 Å². The smallest absolute Gasteiger partial charge is 0.269 e. The number of hydrogen-bond acceptors (Lipinski definition) is 3. The summed E-state index contributed by atoms with van der Waals surface area (Å²) in [6, 6.07) is 0.953. The average Bonchev–Trinajstić information content (AvgIpc) is 2.67. The van der Waals surface area contributed by atoms with Gasteiger partial charge in [-0.1, -0.05) is 0 Å². The maximum Gasteiger partial charge on any atom is 0.269 e. The van der Waals surface area contributed by atoms with Gasteiger partial charge in [0.25, 0.3) is 5.91 Å². The van der Waals surface area contributed by atoms with Crippen molar-refractivity contribution in [2.24, 2.45) is 0 Å². The molecule has 1 aromatic heterocycles. The highest BCUT2D eigenvalue weighted by atomic mass is 16.2. The third-order valence-electron chi connectivity index (χ3n) is 1.98. The molecule has 0 aliphatic carbocycles. The van der Waals surface area contributed by atoms with Crippen LogP contribution in [0.3, 0.4) is 0 Å². The Morgan fingerprint density at radius 2 is 2.06 bits per heavy atom. The highest BCUT2D eigenvalue weighted by molar-refractivity contribution is 5.95. The highest BCUT2D eigenvalue weighted by Crippen LogP contribution is 2.00. The van der Waals surface area contributed by atoms with Gasteiger partial charge >= 0.3 is 0 Å². The summed E-state index contributed by atoms with van der Waals surface area (Å²) in [5.74, 6) is -0.565. The van der Waals surface area contributed by atoms with Crippen molar-refractivity contribution in [2.45, 2.75) is 39.3 Å². The van der Waals surface area contributed by atoms with Gasteiger partial charge < -0.3 is 10.6 Å². The Kier molecular flexibility index (Phi) is 3.88. The Bertz CT molecular complexity index is 392. The van der Waals surface area contributed by atoms with Crippen LogP contribution in [-0.2, 0) is 4.79 Å². The number of aromatic nitrogens is 2. The van der Waals surface area contributed by atoms with E-state index < -0.39 is 6.04 Å². The summed E-state index contributed by atoms with van der Waals surface area (Å²) in [4.78, 5) is 23.3. The summed E-state index contributed by atoms with van der Waals surface area (Å²) in [6.45, 7) is 7.28. The van der Waals surface area contributed by atoms with Crippen LogP contribution < -0.4 is 10.6 Å². The lowest BCUT2D eigenvalue weighted by molar-refractivity contribution is -0.124. The fraction of sp³-hybridized carbons (Fsp3) is 0.545. The first-order chi connectivity index (χ1) is 7.79. The minimum atomic E-state index is -0.593. The minimum absolute atomic E-state index is 0.217. The molecular formula is C11H18N4O2. The molecule has 1 heterocycles. The highest BCUT2D eigenvalue weighted by Gasteiger charge is 2.21. The Morgan fingerprint density at radius 1 is 1.41 bits per heavy atom. The molecule has 0 aromatic carbocycles. The van der Waals surface area contributed by atoms with E-state index >= 15 is 0 Å². The first-order valence-corrected chi connectivity index (χ1v) is 5.42. The summed E-state index contributed by atoms with van der Waals surface area (Å²) in [6.07, 6.45) is 1.48. The zero-order valence-corrected chi connectivity index (χ0v) is 10.5. The lowest BCUT2D eigenvalue weighted by atomic mass is 10.1. The molecular weight excluding hydrogens is 220 g/mol. The van der Waals surface area contributed by atoms with E-state index in [2.05, 4.69) is 20.8 Å². The lowest BCUT2D eigenvalue weighted by Crippen LogP contribution is -2.50. The molecule has 1 atom stereocenters. The van der Waals surface area contributed by atoms with Crippen molar-refractivity contribution in [1.29, 1.82) is 0 Å².